The number of carbonyl (C=O) groups is 2. The second kappa shape index (κ2) is 6.89. The maximum absolute atomic E-state index is 11.9. The molecule has 19 heavy (non-hydrogen) atoms. The molecule has 2 amide bonds. The van der Waals surface area contributed by atoms with Gasteiger partial charge in [0.2, 0.25) is 11.8 Å². The lowest BCUT2D eigenvalue weighted by molar-refractivity contribution is -0.129. The fourth-order valence-corrected chi connectivity index (χ4v) is 1.79. The van der Waals surface area contributed by atoms with Gasteiger partial charge in [-0.3, -0.25) is 9.59 Å². The van der Waals surface area contributed by atoms with Gasteiger partial charge in [0.25, 0.3) is 0 Å². The van der Waals surface area contributed by atoms with Crippen molar-refractivity contribution in [3.8, 4) is 0 Å². The van der Waals surface area contributed by atoms with Crippen LogP contribution in [0.5, 0.6) is 0 Å². The van der Waals surface area contributed by atoms with Crippen LogP contribution in [0.1, 0.15) is 19.4 Å². The third-order valence-corrected chi connectivity index (χ3v) is 2.91. The minimum absolute atomic E-state index is 0.0645. The lowest BCUT2D eigenvalue weighted by Crippen LogP contribution is -2.53. The van der Waals surface area contributed by atoms with Crippen molar-refractivity contribution in [2.75, 3.05) is 0 Å². The van der Waals surface area contributed by atoms with Crippen molar-refractivity contribution in [3.63, 3.8) is 0 Å². The van der Waals surface area contributed by atoms with E-state index in [-0.39, 0.29) is 11.8 Å². The molecule has 0 heterocycles. The molecule has 0 spiro atoms. The van der Waals surface area contributed by atoms with Crippen molar-refractivity contribution in [3.05, 3.63) is 35.9 Å². The summed E-state index contributed by atoms with van der Waals surface area (Å²) in [5, 5.41) is 2.60. The molecule has 1 rings (SSSR count). The van der Waals surface area contributed by atoms with Gasteiger partial charge in [-0.15, -0.1) is 0 Å². The van der Waals surface area contributed by atoms with E-state index >= 15 is 0 Å². The van der Waals surface area contributed by atoms with Crippen LogP contribution in [0.3, 0.4) is 0 Å². The highest BCUT2D eigenvalue weighted by Crippen LogP contribution is 2.04. The van der Waals surface area contributed by atoms with Crippen LogP contribution in [0.2, 0.25) is 0 Å². The van der Waals surface area contributed by atoms with E-state index < -0.39 is 18.0 Å². The zero-order chi connectivity index (χ0) is 14.4. The molecule has 5 nitrogen and oxygen atoms in total. The monoisotopic (exact) mass is 263 g/mol. The Morgan fingerprint density at radius 2 is 1.79 bits per heavy atom. The zero-order valence-corrected chi connectivity index (χ0v) is 11.3. The summed E-state index contributed by atoms with van der Waals surface area (Å²) in [6.07, 6.45) is 0.427. The number of primary amides is 1. The van der Waals surface area contributed by atoms with E-state index in [1.54, 1.807) is 0 Å². The van der Waals surface area contributed by atoms with Gasteiger partial charge in [0.1, 0.15) is 6.04 Å². The molecular weight excluding hydrogens is 242 g/mol. The summed E-state index contributed by atoms with van der Waals surface area (Å²) in [6, 6.07) is 8.11. The summed E-state index contributed by atoms with van der Waals surface area (Å²) >= 11 is 0. The van der Waals surface area contributed by atoms with Crippen LogP contribution in [-0.2, 0) is 16.0 Å². The normalized spacial score (nSPS) is 13.9. The Bertz CT molecular complexity index is 432. The fraction of sp³-hybridized carbons (Fsp3) is 0.429. The van der Waals surface area contributed by atoms with Crippen molar-refractivity contribution in [2.24, 2.45) is 17.4 Å². The molecule has 0 bridgehead atoms. The first-order valence-corrected chi connectivity index (χ1v) is 6.31. The van der Waals surface area contributed by atoms with Gasteiger partial charge in [-0.2, -0.15) is 0 Å². The predicted octanol–water partition coefficient (Wildman–Crippen LogP) is 0.183. The van der Waals surface area contributed by atoms with Crippen LogP contribution in [0.15, 0.2) is 30.3 Å². The molecule has 1 unspecified atom stereocenters. The molecule has 0 saturated heterocycles. The molecule has 0 aliphatic rings. The molecule has 5 heteroatoms. The number of amides is 2. The lowest BCUT2D eigenvalue weighted by atomic mass is 10.0. The highest BCUT2D eigenvalue weighted by molar-refractivity contribution is 5.89. The standard InChI is InChI=1S/C14H21N3O2/c1-9(2)12(13(16)18)17-14(19)11(15)8-10-6-4-3-5-7-10/h3-7,9,11-12H,8,15H2,1-2H3,(H2,16,18)(H,17,19)/t11-,12?/m0/s1. The third-order valence-electron chi connectivity index (χ3n) is 2.91. The zero-order valence-electron chi connectivity index (χ0n) is 11.3. The number of rotatable bonds is 6. The second-order valence-corrected chi connectivity index (χ2v) is 4.93. The summed E-state index contributed by atoms with van der Waals surface area (Å²) in [6.45, 7) is 3.64. The average Bonchev–Trinajstić information content (AvgIpc) is 2.35. The van der Waals surface area contributed by atoms with Gasteiger partial charge in [0.15, 0.2) is 0 Å². The first-order chi connectivity index (χ1) is 8.91. The van der Waals surface area contributed by atoms with Crippen LogP contribution < -0.4 is 16.8 Å². The molecular formula is C14H21N3O2. The van der Waals surface area contributed by atoms with Gasteiger partial charge < -0.3 is 16.8 Å². The molecule has 1 aromatic carbocycles. The Morgan fingerprint density at radius 1 is 1.21 bits per heavy atom. The van der Waals surface area contributed by atoms with Gasteiger partial charge in [0, 0.05) is 0 Å². The van der Waals surface area contributed by atoms with Gasteiger partial charge in [-0.25, -0.2) is 0 Å². The second-order valence-electron chi connectivity index (χ2n) is 4.93. The van der Waals surface area contributed by atoms with E-state index in [0.29, 0.717) is 6.42 Å². The Hall–Kier alpha value is -1.88. The molecule has 0 aliphatic heterocycles. The molecule has 0 aliphatic carbocycles. The predicted molar refractivity (Wildman–Crippen MR) is 74.1 cm³/mol. The summed E-state index contributed by atoms with van der Waals surface area (Å²) in [5.74, 6) is -0.970. The summed E-state index contributed by atoms with van der Waals surface area (Å²) < 4.78 is 0. The Balaban J connectivity index is 2.60. The molecule has 0 fully saturated rings. The van der Waals surface area contributed by atoms with Crippen LogP contribution in [-0.4, -0.2) is 23.9 Å². The van der Waals surface area contributed by atoms with E-state index in [1.165, 1.54) is 0 Å². The summed E-state index contributed by atoms with van der Waals surface area (Å²) in [4.78, 5) is 23.1. The molecule has 1 aromatic rings. The maximum atomic E-state index is 11.9. The Kier molecular flexibility index (Phi) is 5.51. The lowest BCUT2D eigenvalue weighted by Gasteiger charge is -2.21. The van der Waals surface area contributed by atoms with Gasteiger partial charge in [-0.1, -0.05) is 44.2 Å². The molecule has 0 saturated carbocycles. The van der Waals surface area contributed by atoms with Crippen molar-refractivity contribution in [2.45, 2.75) is 32.4 Å². The first-order valence-electron chi connectivity index (χ1n) is 6.31. The van der Waals surface area contributed by atoms with Crippen molar-refractivity contribution in [1.82, 2.24) is 5.32 Å². The third kappa shape index (κ3) is 4.71. The van der Waals surface area contributed by atoms with Gasteiger partial charge in [-0.05, 0) is 17.9 Å². The maximum Gasteiger partial charge on any atom is 0.240 e. The Labute approximate surface area is 113 Å². The van der Waals surface area contributed by atoms with Crippen molar-refractivity contribution >= 4 is 11.8 Å². The molecule has 2 atom stereocenters. The van der Waals surface area contributed by atoms with E-state index in [2.05, 4.69) is 5.32 Å². The fourth-order valence-electron chi connectivity index (χ4n) is 1.79. The number of carbonyl (C=O) groups excluding carboxylic acids is 2. The smallest absolute Gasteiger partial charge is 0.240 e. The van der Waals surface area contributed by atoms with E-state index in [9.17, 15) is 9.59 Å². The highest BCUT2D eigenvalue weighted by atomic mass is 16.2. The number of nitrogens with two attached hydrogens (primary N) is 2. The van der Waals surface area contributed by atoms with E-state index in [1.807, 2.05) is 44.2 Å². The highest BCUT2D eigenvalue weighted by Gasteiger charge is 2.24. The van der Waals surface area contributed by atoms with Crippen molar-refractivity contribution < 1.29 is 9.59 Å². The molecule has 5 N–H and O–H groups in total. The quantitative estimate of drug-likeness (QED) is 0.683. The van der Waals surface area contributed by atoms with E-state index in [0.717, 1.165) is 5.56 Å². The Morgan fingerprint density at radius 3 is 2.26 bits per heavy atom. The summed E-state index contributed by atoms with van der Waals surface area (Å²) in [7, 11) is 0. The number of nitrogens with one attached hydrogen (secondary N) is 1. The molecule has 0 aromatic heterocycles. The van der Waals surface area contributed by atoms with Crippen molar-refractivity contribution in [1.29, 1.82) is 0 Å². The molecule has 0 radical (unpaired) electrons. The number of benzene rings is 1. The van der Waals surface area contributed by atoms with Crippen LogP contribution >= 0.6 is 0 Å². The first kappa shape index (κ1) is 15.2. The number of hydrogen-bond donors (Lipinski definition) is 3. The SMILES string of the molecule is CC(C)C(NC(=O)[C@@H](N)Cc1ccccc1)C(N)=O. The van der Waals surface area contributed by atoms with Crippen LogP contribution in [0, 0.1) is 5.92 Å². The van der Waals surface area contributed by atoms with Gasteiger partial charge in [0.05, 0.1) is 6.04 Å². The van der Waals surface area contributed by atoms with Crippen LogP contribution in [0.25, 0.3) is 0 Å². The van der Waals surface area contributed by atoms with Gasteiger partial charge >= 0.3 is 0 Å². The minimum Gasteiger partial charge on any atom is -0.368 e. The number of hydrogen-bond acceptors (Lipinski definition) is 3. The van der Waals surface area contributed by atoms with E-state index in [4.69, 9.17) is 11.5 Å². The average molecular weight is 263 g/mol. The molecule has 104 valence electrons. The largest absolute Gasteiger partial charge is 0.368 e. The topological polar surface area (TPSA) is 98.2 Å². The summed E-state index contributed by atoms with van der Waals surface area (Å²) in [5.41, 5.74) is 12.1. The minimum atomic E-state index is -0.692. The van der Waals surface area contributed by atoms with Crippen LogP contribution in [0.4, 0.5) is 0 Å².